The molecule has 6 rings (SSSR count). The number of fused-ring (bicyclic) bond motifs is 4. The number of benzene rings is 2. The van der Waals surface area contributed by atoms with Crippen LogP contribution in [0.3, 0.4) is 0 Å². The van der Waals surface area contributed by atoms with Gasteiger partial charge in [0.15, 0.2) is 9.75 Å². The van der Waals surface area contributed by atoms with Gasteiger partial charge in [0.05, 0.1) is 28.7 Å². The Bertz CT molecular complexity index is 1710. The number of carbonyl (C=O) groups excluding carboxylic acids is 4. The molecule has 1 N–H and O–H groups in total. The van der Waals surface area contributed by atoms with E-state index in [9.17, 15) is 50.6 Å². The molecule has 4 aliphatic rings. The predicted octanol–water partition coefficient (Wildman–Crippen LogP) is 5.93. The van der Waals surface area contributed by atoms with Gasteiger partial charge < -0.3 is 5.11 Å². The Kier molecular flexibility index (Phi) is 6.78. The molecule has 1 saturated carbocycles. The first-order valence-corrected chi connectivity index (χ1v) is 14.4. The lowest BCUT2D eigenvalue weighted by Crippen LogP contribution is -2.60. The SMILES string of the molecule is Cc1cc([C@H]2C3=CC[C@@H]4C(=O)N(c5cc(C(F)(F)F)cc(C(F)(F)F)c5)C(=O)[C@@H]4[C@@H]3C[C@@]3(Cl)C(=O)N(C)C(=O)[C@@]23Cl)ccc1O. The summed E-state index contributed by atoms with van der Waals surface area (Å²) in [6.07, 6.45) is -9.46. The van der Waals surface area contributed by atoms with E-state index in [4.69, 9.17) is 23.2 Å². The van der Waals surface area contributed by atoms with Gasteiger partial charge in [-0.1, -0.05) is 23.8 Å². The minimum Gasteiger partial charge on any atom is -0.508 e. The molecule has 0 bridgehead atoms. The summed E-state index contributed by atoms with van der Waals surface area (Å²) >= 11 is 14.1. The van der Waals surface area contributed by atoms with E-state index in [1.54, 1.807) is 13.0 Å². The fraction of sp³-hybridized carbons (Fsp3) is 0.400. The van der Waals surface area contributed by atoms with E-state index in [2.05, 4.69) is 0 Å². The maximum absolute atomic E-state index is 14.0. The number of anilines is 1. The summed E-state index contributed by atoms with van der Waals surface area (Å²) in [6, 6.07) is 4.85. The molecule has 2 aliphatic carbocycles. The number of amides is 4. The van der Waals surface area contributed by atoms with Gasteiger partial charge in [0.25, 0.3) is 11.8 Å². The summed E-state index contributed by atoms with van der Waals surface area (Å²) in [4.78, 5) is 51.5. The molecular formula is C30H22Cl2F6N2O5. The maximum Gasteiger partial charge on any atom is 0.416 e. The Hall–Kier alpha value is -3.58. The van der Waals surface area contributed by atoms with Gasteiger partial charge in [-0.15, -0.1) is 23.2 Å². The van der Waals surface area contributed by atoms with Crippen molar-refractivity contribution in [2.24, 2.45) is 17.8 Å². The first kappa shape index (κ1) is 31.4. The van der Waals surface area contributed by atoms with Crippen LogP contribution in [-0.4, -0.2) is 50.4 Å². The Morgan fingerprint density at radius 3 is 2.02 bits per heavy atom. The van der Waals surface area contributed by atoms with Crippen LogP contribution in [0.4, 0.5) is 32.0 Å². The van der Waals surface area contributed by atoms with Gasteiger partial charge in [0, 0.05) is 13.0 Å². The molecule has 2 aliphatic heterocycles. The number of phenols is 1. The van der Waals surface area contributed by atoms with Crippen LogP contribution >= 0.6 is 23.2 Å². The fourth-order valence-electron chi connectivity index (χ4n) is 7.30. The number of carbonyl (C=O) groups is 4. The summed E-state index contributed by atoms with van der Waals surface area (Å²) in [5, 5.41) is 10.1. The molecule has 6 atom stereocenters. The second-order valence-corrected chi connectivity index (χ2v) is 13.1. The number of hydrogen-bond acceptors (Lipinski definition) is 5. The predicted molar refractivity (Wildman–Crippen MR) is 147 cm³/mol. The molecule has 0 radical (unpaired) electrons. The highest BCUT2D eigenvalue weighted by atomic mass is 35.5. The fourth-order valence-corrected chi connectivity index (χ4v) is 8.32. The highest BCUT2D eigenvalue weighted by Crippen LogP contribution is 2.65. The summed E-state index contributed by atoms with van der Waals surface area (Å²) < 4.78 is 81.7. The molecule has 15 heteroatoms. The van der Waals surface area contributed by atoms with Crippen LogP contribution in [0.1, 0.15) is 41.0 Å². The molecule has 3 fully saturated rings. The lowest BCUT2D eigenvalue weighted by Gasteiger charge is -2.50. The standard InChI is InChI=1S/C30H22Cl2F6N2O5/c1-12-7-13(3-6-20(12)41)22-17-4-5-18-21(19(17)11-27(31)25(44)39(2)26(45)28(22,27)32)24(43)40(23(18)42)16-9-14(29(33,34)35)8-15(10-16)30(36,37)38/h3-4,6-10,18-19,21-22,41H,5,11H2,1-2H3/t18-,19+,21-,22-,27+,28-/m0/s1. The van der Waals surface area contributed by atoms with Gasteiger partial charge in [0.1, 0.15) is 5.75 Å². The van der Waals surface area contributed by atoms with Crippen molar-refractivity contribution in [3.63, 3.8) is 0 Å². The molecule has 2 aromatic carbocycles. The average molecular weight is 675 g/mol. The van der Waals surface area contributed by atoms with Crippen LogP contribution in [0.15, 0.2) is 48.0 Å². The van der Waals surface area contributed by atoms with Crippen molar-refractivity contribution in [2.75, 3.05) is 11.9 Å². The second kappa shape index (κ2) is 9.71. The minimum atomic E-state index is -5.22. The van der Waals surface area contributed by atoms with Crippen molar-refractivity contribution >= 4 is 52.5 Å². The first-order valence-electron chi connectivity index (χ1n) is 13.6. The zero-order valence-electron chi connectivity index (χ0n) is 23.3. The van der Waals surface area contributed by atoms with E-state index in [1.807, 2.05) is 0 Å². The summed E-state index contributed by atoms with van der Waals surface area (Å²) in [7, 11) is 1.19. The number of aromatic hydroxyl groups is 1. The number of nitrogens with zero attached hydrogens (tertiary/aromatic N) is 2. The van der Waals surface area contributed by atoms with E-state index in [1.165, 1.54) is 25.2 Å². The molecule has 238 valence electrons. The van der Waals surface area contributed by atoms with E-state index in [0.29, 0.717) is 33.7 Å². The van der Waals surface area contributed by atoms with Gasteiger partial charge >= 0.3 is 12.4 Å². The first-order chi connectivity index (χ1) is 20.7. The zero-order chi connectivity index (χ0) is 33.2. The van der Waals surface area contributed by atoms with Crippen molar-refractivity contribution in [3.05, 3.63) is 70.3 Å². The molecule has 2 saturated heterocycles. The van der Waals surface area contributed by atoms with E-state index >= 15 is 0 Å². The van der Waals surface area contributed by atoms with Crippen molar-refractivity contribution < 1.29 is 50.6 Å². The molecule has 4 amide bonds. The molecule has 45 heavy (non-hydrogen) atoms. The molecule has 2 aromatic rings. The van der Waals surface area contributed by atoms with Crippen molar-refractivity contribution in [3.8, 4) is 5.75 Å². The summed E-state index contributed by atoms with van der Waals surface area (Å²) in [6.45, 7) is 1.58. The molecule has 2 heterocycles. The third kappa shape index (κ3) is 4.25. The van der Waals surface area contributed by atoms with Gasteiger partial charge in [-0.05, 0) is 61.1 Å². The third-order valence-electron chi connectivity index (χ3n) is 9.40. The number of likely N-dealkylation sites (tertiary alicyclic amines) is 1. The monoisotopic (exact) mass is 674 g/mol. The van der Waals surface area contributed by atoms with Crippen molar-refractivity contribution in [1.82, 2.24) is 4.90 Å². The minimum absolute atomic E-state index is 0.0815. The van der Waals surface area contributed by atoms with Crippen LogP contribution < -0.4 is 4.90 Å². The van der Waals surface area contributed by atoms with E-state index in [-0.39, 0.29) is 18.2 Å². The van der Waals surface area contributed by atoms with Gasteiger partial charge in [-0.2, -0.15) is 26.3 Å². The number of phenolic OH excluding ortho intramolecular Hbond substituents is 1. The number of allylic oxidation sites excluding steroid dienone is 2. The highest BCUT2D eigenvalue weighted by Gasteiger charge is 2.76. The number of aryl methyl sites for hydroxylation is 1. The van der Waals surface area contributed by atoms with Crippen LogP contribution in [0.2, 0.25) is 0 Å². The molecule has 0 spiro atoms. The Morgan fingerprint density at radius 2 is 1.47 bits per heavy atom. The van der Waals surface area contributed by atoms with Crippen LogP contribution in [0.25, 0.3) is 0 Å². The van der Waals surface area contributed by atoms with E-state index in [0.717, 1.165) is 4.90 Å². The second-order valence-electron chi connectivity index (χ2n) is 11.8. The maximum atomic E-state index is 14.0. The van der Waals surface area contributed by atoms with Gasteiger partial charge in [-0.3, -0.25) is 24.1 Å². The summed E-state index contributed by atoms with van der Waals surface area (Å²) in [5.41, 5.74) is -3.19. The number of hydrogen-bond donors (Lipinski definition) is 1. The van der Waals surface area contributed by atoms with Gasteiger partial charge in [0.2, 0.25) is 11.8 Å². The highest BCUT2D eigenvalue weighted by molar-refractivity contribution is 6.53. The van der Waals surface area contributed by atoms with E-state index < -0.39 is 92.6 Å². The third-order valence-corrected chi connectivity index (χ3v) is 10.8. The topological polar surface area (TPSA) is 95.0 Å². The number of halogens is 8. The zero-order valence-corrected chi connectivity index (χ0v) is 24.8. The Labute approximate surface area is 261 Å². The van der Waals surface area contributed by atoms with Crippen LogP contribution in [0, 0.1) is 24.7 Å². The van der Waals surface area contributed by atoms with Crippen molar-refractivity contribution in [1.29, 1.82) is 0 Å². The number of imide groups is 2. The summed E-state index contributed by atoms with van der Waals surface area (Å²) in [5.74, 6) is -8.60. The molecule has 7 nitrogen and oxygen atoms in total. The number of rotatable bonds is 2. The van der Waals surface area contributed by atoms with Gasteiger partial charge in [-0.25, -0.2) is 4.90 Å². The smallest absolute Gasteiger partial charge is 0.416 e. The quantitative estimate of drug-likeness (QED) is 0.184. The molecular weight excluding hydrogens is 653 g/mol. The average Bonchev–Trinajstić information content (AvgIpc) is 3.28. The van der Waals surface area contributed by atoms with Crippen LogP contribution in [0.5, 0.6) is 5.75 Å². The Morgan fingerprint density at radius 1 is 0.867 bits per heavy atom. The lowest BCUT2D eigenvalue weighted by molar-refractivity contribution is -0.143. The van der Waals surface area contributed by atoms with Crippen LogP contribution in [-0.2, 0) is 31.5 Å². The Balaban J connectivity index is 1.50. The lowest BCUT2D eigenvalue weighted by atomic mass is 9.56. The normalized spacial score (nSPS) is 31.6. The van der Waals surface area contributed by atoms with Crippen molar-refractivity contribution in [2.45, 2.75) is 47.8 Å². The molecule has 0 aromatic heterocycles. The molecule has 0 unspecified atom stereocenters. The number of alkyl halides is 8. The largest absolute Gasteiger partial charge is 0.508 e.